The fraction of sp³-hybridized carbons (Fsp3) is 0.800. The van der Waals surface area contributed by atoms with Gasteiger partial charge in [-0.25, -0.2) is 0 Å². The Morgan fingerprint density at radius 2 is 1.89 bits per heavy atom. The zero-order valence-electron chi connectivity index (χ0n) is 11.2. The van der Waals surface area contributed by atoms with E-state index in [-0.39, 0.29) is 11.8 Å². The van der Waals surface area contributed by atoms with Gasteiger partial charge in [-0.3, -0.25) is 4.79 Å². The molecule has 0 aromatic carbocycles. The summed E-state index contributed by atoms with van der Waals surface area (Å²) in [5.41, 5.74) is 0. The van der Waals surface area contributed by atoms with E-state index in [4.69, 9.17) is 4.74 Å². The molecule has 2 rings (SSSR count). The van der Waals surface area contributed by atoms with Gasteiger partial charge >= 0.3 is 0 Å². The van der Waals surface area contributed by atoms with Gasteiger partial charge in [-0.1, -0.05) is 31.4 Å². The third kappa shape index (κ3) is 4.45. The SMILES string of the molecule is O=C(NCCCOC1CCCCC1)C1CC=CC1. The lowest BCUT2D eigenvalue weighted by Crippen LogP contribution is -2.31. The van der Waals surface area contributed by atoms with Crippen molar-refractivity contribution in [2.75, 3.05) is 13.2 Å². The summed E-state index contributed by atoms with van der Waals surface area (Å²) in [6.45, 7) is 1.54. The molecular formula is C15H25NO2. The summed E-state index contributed by atoms with van der Waals surface area (Å²) in [4.78, 5) is 11.7. The molecule has 0 aromatic heterocycles. The number of ether oxygens (including phenoxy) is 1. The fourth-order valence-electron chi connectivity index (χ4n) is 2.74. The molecule has 2 aliphatic carbocycles. The van der Waals surface area contributed by atoms with Gasteiger partial charge < -0.3 is 10.1 Å². The fourth-order valence-corrected chi connectivity index (χ4v) is 2.74. The average molecular weight is 251 g/mol. The molecule has 3 heteroatoms. The number of amides is 1. The Labute approximate surface area is 110 Å². The molecule has 18 heavy (non-hydrogen) atoms. The molecule has 1 fully saturated rings. The van der Waals surface area contributed by atoms with Gasteiger partial charge in [0.25, 0.3) is 0 Å². The molecule has 0 atom stereocenters. The maximum absolute atomic E-state index is 11.7. The molecule has 0 saturated heterocycles. The summed E-state index contributed by atoms with van der Waals surface area (Å²) >= 11 is 0. The van der Waals surface area contributed by atoms with E-state index in [0.717, 1.165) is 32.4 Å². The van der Waals surface area contributed by atoms with Gasteiger partial charge in [-0.15, -0.1) is 0 Å². The van der Waals surface area contributed by atoms with E-state index in [1.54, 1.807) is 0 Å². The molecule has 0 aromatic rings. The number of carbonyl (C=O) groups is 1. The average Bonchev–Trinajstić information content (AvgIpc) is 2.93. The summed E-state index contributed by atoms with van der Waals surface area (Å²) in [6, 6.07) is 0. The highest BCUT2D eigenvalue weighted by molar-refractivity contribution is 5.79. The summed E-state index contributed by atoms with van der Waals surface area (Å²) in [5.74, 6) is 0.391. The van der Waals surface area contributed by atoms with E-state index in [1.165, 1.54) is 32.1 Å². The van der Waals surface area contributed by atoms with E-state index in [0.29, 0.717) is 6.10 Å². The smallest absolute Gasteiger partial charge is 0.223 e. The second-order valence-corrected chi connectivity index (χ2v) is 5.42. The van der Waals surface area contributed by atoms with Crippen LogP contribution >= 0.6 is 0 Å². The Kier molecular flexibility index (Phi) is 5.72. The Bertz CT molecular complexity index is 274. The first-order valence-corrected chi connectivity index (χ1v) is 7.40. The van der Waals surface area contributed by atoms with E-state index < -0.39 is 0 Å². The number of nitrogens with one attached hydrogen (secondary N) is 1. The molecular weight excluding hydrogens is 226 g/mol. The number of rotatable bonds is 6. The van der Waals surface area contributed by atoms with Crippen LogP contribution < -0.4 is 5.32 Å². The van der Waals surface area contributed by atoms with E-state index in [9.17, 15) is 4.79 Å². The number of allylic oxidation sites excluding steroid dienone is 2. The molecule has 3 nitrogen and oxygen atoms in total. The predicted molar refractivity (Wildman–Crippen MR) is 72.3 cm³/mol. The number of hydrogen-bond donors (Lipinski definition) is 1. The molecule has 1 N–H and O–H groups in total. The topological polar surface area (TPSA) is 38.3 Å². The van der Waals surface area contributed by atoms with Crippen LogP contribution in [0.25, 0.3) is 0 Å². The molecule has 0 unspecified atom stereocenters. The third-order valence-electron chi connectivity index (χ3n) is 3.90. The van der Waals surface area contributed by atoms with Crippen LogP contribution in [0.2, 0.25) is 0 Å². The number of carbonyl (C=O) groups excluding carboxylic acids is 1. The first-order chi connectivity index (χ1) is 8.86. The minimum absolute atomic E-state index is 0.185. The van der Waals surface area contributed by atoms with Crippen LogP contribution in [-0.4, -0.2) is 25.2 Å². The van der Waals surface area contributed by atoms with Crippen molar-refractivity contribution in [2.24, 2.45) is 5.92 Å². The van der Waals surface area contributed by atoms with Crippen LogP contribution in [0.15, 0.2) is 12.2 Å². The third-order valence-corrected chi connectivity index (χ3v) is 3.90. The second kappa shape index (κ2) is 7.57. The van der Waals surface area contributed by atoms with Crippen LogP contribution in [-0.2, 0) is 9.53 Å². The van der Waals surface area contributed by atoms with Crippen LogP contribution in [0, 0.1) is 5.92 Å². The lowest BCUT2D eigenvalue weighted by atomic mass is 9.98. The van der Waals surface area contributed by atoms with Gasteiger partial charge in [0.15, 0.2) is 0 Å². The number of hydrogen-bond acceptors (Lipinski definition) is 2. The highest BCUT2D eigenvalue weighted by Crippen LogP contribution is 2.20. The van der Waals surface area contributed by atoms with Crippen molar-refractivity contribution in [1.82, 2.24) is 5.32 Å². The highest BCUT2D eigenvalue weighted by Gasteiger charge is 2.18. The lowest BCUT2D eigenvalue weighted by Gasteiger charge is -2.22. The van der Waals surface area contributed by atoms with Crippen molar-refractivity contribution < 1.29 is 9.53 Å². The summed E-state index contributed by atoms with van der Waals surface area (Å²) < 4.78 is 5.83. The van der Waals surface area contributed by atoms with Gasteiger partial charge in [0.2, 0.25) is 5.91 Å². The van der Waals surface area contributed by atoms with Gasteiger partial charge in [0.1, 0.15) is 0 Å². The molecule has 0 aliphatic heterocycles. The largest absolute Gasteiger partial charge is 0.378 e. The van der Waals surface area contributed by atoms with Crippen LogP contribution in [0.1, 0.15) is 51.4 Å². The van der Waals surface area contributed by atoms with Crippen molar-refractivity contribution in [2.45, 2.75) is 57.5 Å². The van der Waals surface area contributed by atoms with Crippen molar-refractivity contribution >= 4 is 5.91 Å². The standard InChI is InChI=1S/C15H25NO2/c17-15(13-7-4-5-8-13)16-11-6-12-18-14-9-2-1-3-10-14/h4-5,13-14H,1-3,6-12H2,(H,16,17). The molecule has 102 valence electrons. The van der Waals surface area contributed by atoms with Crippen LogP contribution in [0.3, 0.4) is 0 Å². The van der Waals surface area contributed by atoms with Crippen molar-refractivity contribution in [3.63, 3.8) is 0 Å². The quantitative estimate of drug-likeness (QED) is 0.582. The zero-order valence-corrected chi connectivity index (χ0v) is 11.2. The van der Waals surface area contributed by atoms with Crippen molar-refractivity contribution in [1.29, 1.82) is 0 Å². The van der Waals surface area contributed by atoms with Gasteiger partial charge in [-0.2, -0.15) is 0 Å². The van der Waals surface area contributed by atoms with Gasteiger partial charge in [0.05, 0.1) is 6.10 Å². The van der Waals surface area contributed by atoms with E-state index in [1.807, 2.05) is 0 Å². The van der Waals surface area contributed by atoms with Crippen LogP contribution in [0.5, 0.6) is 0 Å². The van der Waals surface area contributed by atoms with Crippen molar-refractivity contribution in [3.05, 3.63) is 12.2 Å². The summed E-state index contributed by atoms with van der Waals surface area (Å²) in [6.07, 6.45) is 13.9. The Hall–Kier alpha value is -0.830. The second-order valence-electron chi connectivity index (χ2n) is 5.42. The van der Waals surface area contributed by atoms with Crippen molar-refractivity contribution in [3.8, 4) is 0 Å². The normalized spacial score (nSPS) is 21.3. The predicted octanol–water partition coefficient (Wildman–Crippen LogP) is 2.81. The zero-order chi connectivity index (χ0) is 12.6. The Morgan fingerprint density at radius 1 is 1.17 bits per heavy atom. The highest BCUT2D eigenvalue weighted by atomic mass is 16.5. The maximum Gasteiger partial charge on any atom is 0.223 e. The van der Waals surface area contributed by atoms with E-state index in [2.05, 4.69) is 17.5 Å². The lowest BCUT2D eigenvalue weighted by molar-refractivity contribution is -0.124. The Balaban J connectivity index is 1.46. The molecule has 0 bridgehead atoms. The molecule has 1 amide bonds. The summed E-state index contributed by atoms with van der Waals surface area (Å²) in [5, 5.41) is 3.00. The molecule has 0 radical (unpaired) electrons. The Morgan fingerprint density at radius 3 is 2.61 bits per heavy atom. The van der Waals surface area contributed by atoms with Gasteiger partial charge in [0, 0.05) is 19.1 Å². The monoisotopic (exact) mass is 251 g/mol. The molecule has 2 aliphatic rings. The van der Waals surface area contributed by atoms with E-state index >= 15 is 0 Å². The minimum atomic E-state index is 0.185. The molecule has 0 spiro atoms. The molecule has 0 heterocycles. The summed E-state index contributed by atoms with van der Waals surface area (Å²) in [7, 11) is 0. The van der Waals surface area contributed by atoms with Gasteiger partial charge in [-0.05, 0) is 32.1 Å². The first-order valence-electron chi connectivity index (χ1n) is 7.40. The first kappa shape index (κ1) is 13.6. The maximum atomic E-state index is 11.7. The van der Waals surface area contributed by atoms with Crippen LogP contribution in [0.4, 0.5) is 0 Å². The molecule has 1 saturated carbocycles. The minimum Gasteiger partial charge on any atom is -0.378 e.